The predicted molar refractivity (Wildman–Crippen MR) is 83.2 cm³/mol. The normalized spacial score (nSPS) is 12.6. The van der Waals surface area contributed by atoms with Crippen molar-refractivity contribution in [1.29, 1.82) is 0 Å². The average molecular weight is 295 g/mol. The smallest absolute Gasteiger partial charge is 0.0900 e. The Morgan fingerprint density at radius 2 is 1.95 bits per heavy atom. The van der Waals surface area contributed by atoms with Crippen molar-refractivity contribution in [3.63, 3.8) is 0 Å². The van der Waals surface area contributed by atoms with Crippen LogP contribution in [-0.2, 0) is 6.42 Å². The molecule has 0 amide bonds. The van der Waals surface area contributed by atoms with Crippen molar-refractivity contribution in [3.05, 3.63) is 50.4 Å². The molecule has 1 atom stereocenters. The van der Waals surface area contributed by atoms with Crippen LogP contribution in [0.1, 0.15) is 34.1 Å². The van der Waals surface area contributed by atoms with Gasteiger partial charge in [-0.05, 0) is 51.4 Å². The van der Waals surface area contributed by atoms with Gasteiger partial charge in [0, 0.05) is 15.9 Å². The minimum absolute atomic E-state index is 0.360. The molecule has 2 nitrogen and oxygen atoms in total. The Morgan fingerprint density at radius 3 is 2.53 bits per heavy atom. The average Bonchev–Trinajstić information content (AvgIpc) is 2.71. The Hall–Kier alpha value is -0.900. The summed E-state index contributed by atoms with van der Waals surface area (Å²) in [6.07, 6.45) is 1.01. The SMILES string of the molecule is Cc1nc(C)c(C(C)NCCc2ccc(Cl)cc2)s1. The summed E-state index contributed by atoms with van der Waals surface area (Å²) in [6, 6.07) is 8.40. The Labute approximate surface area is 123 Å². The maximum atomic E-state index is 5.87. The highest BCUT2D eigenvalue weighted by atomic mass is 35.5. The molecule has 102 valence electrons. The summed E-state index contributed by atoms with van der Waals surface area (Å²) in [7, 11) is 0. The molecule has 1 heterocycles. The number of thiazole rings is 1. The highest BCUT2D eigenvalue weighted by Gasteiger charge is 2.11. The number of rotatable bonds is 5. The van der Waals surface area contributed by atoms with Gasteiger partial charge in [0.2, 0.25) is 0 Å². The zero-order valence-corrected chi connectivity index (χ0v) is 13.1. The van der Waals surface area contributed by atoms with Crippen molar-refractivity contribution in [1.82, 2.24) is 10.3 Å². The minimum Gasteiger partial charge on any atom is -0.309 e. The largest absolute Gasteiger partial charge is 0.309 e. The fourth-order valence-corrected chi connectivity index (χ4v) is 3.21. The quantitative estimate of drug-likeness (QED) is 0.889. The molecule has 2 rings (SSSR count). The molecule has 1 aromatic heterocycles. The third-order valence-electron chi connectivity index (χ3n) is 3.11. The second kappa shape index (κ2) is 6.51. The van der Waals surface area contributed by atoms with E-state index in [4.69, 9.17) is 11.6 Å². The molecule has 0 radical (unpaired) electrons. The van der Waals surface area contributed by atoms with Crippen molar-refractivity contribution >= 4 is 22.9 Å². The van der Waals surface area contributed by atoms with Crippen LogP contribution in [0.4, 0.5) is 0 Å². The van der Waals surface area contributed by atoms with Crippen molar-refractivity contribution in [3.8, 4) is 0 Å². The minimum atomic E-state index is 0.360. The van der Waals surface area contributed by atoms with Gasteiger partial charge in [0.25, 0.3) is 0 Å². The molecule has 0 fully saturated rings. The van der Waals surface area contributed by atoms with Gasteiger partial charge in [-0.3, -0.25) is 0 Å². The first-order chi connectivity index (χ1) is 9.06. The first-order valence-electron chi connectivity index (χ1n) is 6.48. The number of aryl methyl sites for hydroxylation is 2. The summed E-state index contributed by atoms with van der Waals surface area (Å²) in [4.78, 5) is 5.81. The van der Waals surface area contributed by atoms with Gasteiger partial charge in [-0.25, -0.2) is 4.98 Å². The van der Waals surface area contributed by atoms with Gasteiger partial charge in [-0.1, -0.05) is 23.7 Å². The molecule has 0 saturated heterocycles. The van der Waals surface area contributed by atoms with E-state index in [2.05, 4.69) is 43.2 Å². The lowest BCUT2D eigenvalue weighted by molar-refractivity contribution is 0.581. The monoisotopic (exact) mass is 294 g/mol. The highest BCUT2D eigenvalue weighted by Crippen LogP contribution is 2.24. The zero-order valence-electron chi connectivity index (χ0n) is 11.5. The van der Waals surface area contributed by atoms with Gasteiger partial charge in [0.05, 0.1) is 10.7 Å². The molecule has 1 N–H and O–H groups in total. The fourth-order valence-electron chi connectivity index (χ4n) is 2.13. The van der Waals surface area contributed by atoms with Gasteiger partial charge in [-0.15, -0.1) is 11.3 Å². The summed E-state index contributed by atoms with van der Waals surface area (Å²) in [5.41, 5.74) is 2.45. The van der Waals surface area contributed by atoms with Gasteiger partial charge in [-0.2, -0.15) is 0 Å². The van der Waals surface area contributed by atoms with Crippen LogP contribution in [0.15, 0.2) is 24.3 Å². The molecule has 1 unspecified atom stereocenters. The Kier molecular flexibility index (Phi) is 4.97. The molecule has 0 aliphatic carbocycles. The summed E-state index contributed by atoms with van der Waals surface area (Å²) >= 11 is 7.65. The van der Waals surface area contributed by atoms with Crippen LogP contribution < -0.4 is 5.32 Å². The molecule has 19 heavy (non-hydrogen) atoms. The van der Waals surface area contributed by atoms with Crippen molar-refractivity contribution in [2.45, 2.75) is 33.2 Å². The molecular formula is C15H19ClN2S. The molecule has 2 aromatic rings. The Morgan fingerprint density at radius 1 is 1.26 bits per heavy atom. The second-order valence-corrected chi connectivity index (χ2v) is 6.41. The van der Waals surface area contributed by atoms with Crippen LogP contribution in [-0.4, -0.2) is 11.5 Å². The summed E-state index contributed by atoms with van der Waals surface area (Å²) in [5.74, 6) is 0. The first-order valence-corrected chi connectivity index (χ1v) is 7.67. The molecule has 0 spiro atoms. The summed E-state index contributed by atoms with van der Waals surface area (Å²) in [6.45, 7) is 7.29. The third-order valence-corrected chi connectivity index (χ3v) is 4.62. The maximum Gasteiger partial charge on any atom is 0.0900 e. The van der Waals surface area contributed by atoms with Gasteiger partial charge >= 0.3 is 0 Å². The van der Waals surface area contributed by atoms with Crippen LogP contribution in [0.3, 0.4) is 0 Å². The Bertz CT molecular complexity index is 534. The number of hydrogen-bond donors (Lipinski definition) is 1. The molecule has 0 aliphatic heterocycles. The number of hydrogen-bond acceptors (Lipinski definition) is 3. The van der Waals surface area contributed by atoms with E-state index in [-0.39, 0.29) is 0 Å². The molecule has 1 aromatic carbocycles. The summed E-state index contributed by atoms with van der Waals surface area (Å²) < 4.78 is 0. The van der Waals surface area contributed by atoms with E-state index in [1.807, 2.05) is 12.1 Å². The maximum absolute atomic E-state index is 5.87. The van der Waals surface area contributed by atoms with E-state index in [1.165, 1.54) is 10.4 Å². The molecule has 4 heteroatoms. The van der Waals surface area contributed by atoms with E-state index in [0.29, 0.717) is 6.04 Å². The Balaban J connectivity index is 1.85. The van der Waals surface area contributed by atoms with Crippen molar-refractivity contribution in [2.24, 2.45) is 0 Å². The molecule has 0 bridgehead atoms. The number of halogens is 1. The van der Waals surface area contributed by atoms with Crippen LogP contribution in [0.25, 0.3) is 0 Å². The van der Waals surface area contributed by atoms with E-state index in [9.17, 15) is 0 Å². The highest BCUT2D eigenvalue weighted by molar-refractivity contribution is 7.11. The standard InChI is InChI=1S/C15H19ClN2S/c1-10(15-11(2)18-12(3)19-15)17-9-8-13-4-6-14(16)7-5-13/h4-7,10,17H,8-9H2,1-3H3. The fraction of sp³-hybridized carbons (Fsp3) is 0.400. The van der Waals surface area contributed by atoms with Crippen LogP contribution in [0.2, 0.25) is 5.02 Å². The number of nitrogens with one attached hydrogen (secondary N) is 1. The van der Waals surface area contributed by atoms with Crippen LogP contribution in [0, 0.1) is 13.8 Å². The molecule has 0 saturated carbocycles. The van der Waals surface area contributed by atoms with Crippen LogP contribution in [0.5, 0.6) is 0 Å². The number of aromatic nitrogens is 1. The van der Waals surface area contributed by atoms with E-state index < -0.39 is 0 Å². The second-order valence-electron chi connectivity index (χ2n) is 4.73. The number of benzene rings is 1. The van der Waals surface area contributed by atoms with Gasteiger partial charge in [0.1, 0.15) is 0 Å². The predicted octanol–water partition coefficient (Wildman–Crippen LogP) is 4.31. The lowest BCUT2D eigenvalue weighted by Crippen LogP contribution is -2.21. The topological polar surface area (TPSA) is 24.9 Å². The first kappa shape index (κ1) is 14.5. The van der Waals surface area contributed by atoms with Gasteiger partial charge in [0.15, 0.2) is 0 Å². The van der Waals surface area contributed by atoms with E-state index in [0.717, 1.165) is 28.7 Å². The lowest BCUT2D eigenvalue weighted by Gasteiger charge is -2.12. The zero-order chi connectivity index (χ0) is 13.8. The summed E-state index contributed by atoms with van der Waals surface area (Å²) in [5, 5.41) is 5.48. The molecule has 0 aliphatic rings. The van der Waals surface area contributed by atoms with Gasteiger partial charge < -0.3 is 5.32 Å². The molecular weight excluding hydrogens is 276 g/mol. The van der Waals surface area contributed by atoms with E-state index >= 15 is 0 Å². The van der Waals surface area contributed by atoms with Crippen LogP contribution >= 0.6 is 22.9 Å². The van der Waals surface area contributed by atoms with Crippen molar-refractivity contribution in [2.75, 3.05) is 6.54 Å². The third kappa shape index (κ3) is 4.03. The van der Waals surface area contributed by atoms with Crippen molar-refractivity contribution < 1.29 is 0 Å². The lowest BCUT2D eigenvalue weighted by atomic mass is 10.1. The van der Waals surface area contributed by atoms with E-state index in [1.54, 1.807) is 11.3 Å². The number of nitrogens with zero attached hydrogens (tertiary/aromatic N) is 1.